The Morgan fingerprint density at radius 2 is 1.85 bits per heavy atom. The van der Waals surface area contributed by atoms with Gasteiger partial charge in [-0.25, -0.2) is 18.9 Å². The van der Waals surface area contributed by atoms with Gasteiger partial charge in [0, 0.05) is 38.8 Å². The Morgan fingerprint density at radius 1 is 1.04 bits per heavy atom. The van der Waals surface area contributed by atoms with Crippen LogP contribution in [0.2, 0.25) is 0 Å². The molecular weight excluding hydrogens is 617 g/mol. The van der Waals surface area contributed by atoms with Crippen LogP contribution in [0.5, 0.6) is 0 Å². The van der Waals surface area contributed by atoms with Gasteiger partial charge >= 0.3 is 5.76 Å². The predicted molar refractivity (Wildman–Crippen MR) is 173 cm³/mol. The standard InChI is InChI=1S/C35H32FN7O5/c1-19(22-5-6-24(18-37)25(36)16-22)43-27-9-7-23(17-28(27)48-35(43)45)29-30(33-40-39-20(2)47-33)26(8-4-21-10-14-46-15-11-21)38-32-31(29)34(44)42-13-3-12-41(32)42/h5-7,9,16-17,19,21H,3-4,8,10-15H2,1-2H3. The third-order valence-corrected chi connectivity index (χ3v) is 9.73. The monoisotopic (exact) mass is 649 g/mol. The summed E-state index contributed by atoms with van der Waals surface area (Å²) in [7, 11) is 0. The fourth-order valence-corrected chi connectivity index (χ4v) is 7.25. The molecule has 6 heterocycles. The number of aryl methyl sites for hydroxylation is 3. The Balaban J connectivity index is 1.32. The molecule has 1 unspecified atom stereocenters. The van der Waals surface area contributed by atoms with Crippen LogP contribution in [0, 0.1) is 30.0 Å². The number of ether oxygens (including phenoxy) is 1. The Hall–Kier alpha value is -5.35. The predicted octanol–water partition coefficient (Wildman–Crippen LogP) is 5.51. The summed E-state index contributed by atoms with van der Waals surface area (Å²) in [5.41, 5.74) is 4.27. The fourth-order valence-electron chi connectivity index (χ4n) is 7.25. The number of hydrogen-bond donors (Lipinski definition) is 0. The molecule has 2 aliphatic rings. The van der Waals surface area contributed by atoms with Crippen LogP contribution < -0.4 is 11.3 Å². The van der Waals surface area contributed by atoms with Gasteiger partial charge in [0.15, 0.2) is 11.2 Å². The number of fused-ring (bicyclic) bond motifs is 4. The minimum Gasteiger partial charge on any atom is -0.421 e. The van der Waals surface area contributed by atoms with Gasteiger partial charge in [0.2, 0.25) is 11.8 Å². The van der Waals surface area contributed by atoms with Crippen molar-refractivity contribution in [3.63, 3.8) is 0 Å². The largest absolute Gasteiger partial charge is 0.421 e. The number of benzene rings is 2. The second-order valence-electron chi connectivity index (χ2n) is 12.6. The zero-order valence-electron chi connectivity index (χ0n) is 26.5. The fraction of sp³-hybridized carbons (Fsp3) is 0.371. The molecule has 0 bridgehead atoms. The summed E-state index contributed by atoms with van der Waals surface area (Å²) < 4.78 is 37.0. The van der Waals surface area contributed by atoms with Crippen molar-refractivity contribution < 1.29 is 18.0 Å². The maximum atomic E-state index is 14.5. The average Bonchev–Trinajstić information content (AvgIpc) is 3.88. The van der Waals surface area contributed by atoms with Gasteiger partial charge in [-0.15, -0.1) is 10.2 Å². The van der Waals surface area contributed by atoms with Crippen LogP contribution in [-0.2, 0) is 24.2 Å². The molecule has 2 aromatic carbocycles. The summed E-state index contributed by atoms with van der Waals surface area (Å²) in [6.07, 6.45) is 4.32. The van der Waals surface area contributed by atoms with E-state index in [2.05, 4.69) is 10.2 Å². The summed E-state index contributed by atoms with van der Waals surface area (Å²) in [4.78, 5) is 32.5. The first-order chi connectivity index (χ1) is 23.3. The summed E-state index contributed by atoms with van der Waals surface area (Å²) in [6.45, 7) is 6.23. The minimum absolute atomic E-state index is 0.0735. The van der Waals surface area contributed by atoms with Crippen molar-refractivity contribution in [3.05, 3.63) is 85.8 Å². The van der Waals surface area contributed by atoms with Crippen molar-refractivity contribution in [1.29, 1.82) is 5.26 Å². The third kappa shape index (κ3) is 4.86. The Labute approximate surface area is 273 Å². The molecule has 0 radical (unpaired) electrons. The van der Waals surface area contributed by atoms with Crippen LogP contribution >= 0.6 is 0 Å². The molecule has 1 saturated heterocycles. The minimum atomic E-state index is -0.658. The molecule has 4 aromatic heterocycles. The topological polar surface area (TPSA) is 147 Å². The van der Waals surface area contributed by atoms with Gasteiger partial charge in [0.05, 0.1) is 33.8 Å². The SMILES string of the molecule is Cc1nnc(-c2c(CCC3CCOCC3)nc3c(c2-c2ccc4c(c2)oc(=O)n4C(C)c2ccc(C#N)c(F)c2)c(=O)n2n3CCC2)o1. The normalized spacial score (nSPS) is 15.7. The number of oxazole rings is 1. The second kappa shape index (κ2) is 11.7. The first-order valence-electron chi connectivity index (χ1n) is 16.2. The van der Waals surface area contributed by atoms with E-state index in [1.807, 2.05) is 16.8 Å². The van der Waals surface area contributed by atoms with Crippen LogP contribution in [0.3, 0.4) is 0 Å². The maximum absolute atomic E-state index is 14.5. The van der Waals surface area contributed by atoms with E-state index in [9.17, 15) is 14.0 Å². The van der Waals surface area contributed by atoms with Crippen LogP contribution in [0.1, 0.15) is 61.4 Å². The van der Waals surface area contributed by atoms with Crippen LogP contribution in [0.4, 0.5) is 4.39 Å². The number of nitriles is 1. The van der Waals surface area contributed by atoms with Crippen molar-refractivity contribution >= 4 is 22.1 Å². The third-order valence-electron chi connectivity index (χ3n) is 9.73. The van der Waals surface area contributed by atoms with Crippen molar-refractivity contribution in [2.24, 2.45) is 5.92 Å². The Morgan fingerprint density at radius 3 is 2.60 bits per heavy atom. The highest BCUT2D eigenvalue weighted by atomic mass is 19.1. The molecule has 244 valence electrons. The van der Waals surface area contributed by atoms with E-state index in [1.54, 1.807) is 36.7 Å². The Kier molecular flexibility index (Phi) is 7.32. The van der Waals surface area contributed by atoms with Crippen molar-refractivity contribution in [2.45, 2.75) is 65.1 Å². The molecule has 0 saturated carbocycles. The van der Waals surface area contributed by atoms with Gasteiger partial charge in [-0.3, -0.25) is 14.0 Å². The molecule has 0 N–H and O–H groups in total. The zero-order chi connectivity index (χ0) is 33.1. The van der Waals surface area contributed by atoms with Crippen molar-refractivity contribution in [3.8, 4) is 28.7 Å². The highest BCUT2D eigenvalue weighted by molar-refractivity contribution is 6.02. The van der Waals surface area contributed by atoms with E-state index < -0.39 is 17.6 Å². The lowest BCUT2D eigenvalue weighted by Crippen LogP contribution is -2.19. The smallest absolute Gasteiger partial charge is 0.420 e. The lowest BCUT2D eigenvalue weighted by Gasteiger charge is -2.22. The molecule has 0 amide bonds. The molecule has 1 atom stereocenters. The lowest BCUT2D eigenvalue weighted by atomic mass is 9.90. The summed E-state index contributed by atoms with van der Waals surface area (Å²) in [6, 6.07) is 10.9. The first kappa shape index (κ1) is 30.0. The molecule has 1 fully saturated rings. The molecule has 0 spiro atoms. The quantitative estimate of drug-likeness (QED) is 0.218. The van der Waals surface area contributed by atoms with E-state index in [1.165, 1.54) is 16.7 Å². The summed E-state index contributed by atoms with van der Waals surface area (Å²) in [5.74, 6) is -0.142. The Bertz CT molecular complexity index is 2380. The molecule has 0 aliphatic carbocycles. The van der Waals surface area contributed by atoms with Gasteiger partial charge in [-0.1, -0.05) is 12.1 Å². The van der Waals surface area contributed by atoms with E-state index in [4.69, 9.17) is 23.8 Å². The van der Waals surface area contributed by atoms with E-state index in [0.29, 0.717) is 75.7 Å². The first-order valence-corrected chi connectivity index (χ1v) is 16.2. The molecule has 12 nitrogen and oxygen atoms in total. The molecular formula is C35H32FN7O5. The van der Waals surface area contributed by atoms with Crippen LogP contribution in [0.15, 0.2) is 54.8 Å². The maximum Gasteiger partial charge on any atom is 0.420 e. The van der Waals surface area contributed by atoms with Gasteiger partial charge in [-0.2, -0.15) is 5.26 Å². The van der Waals surface area contributed by atoms with E-state index in [0.717, 1.165) is 44.6 Å². The van der Waals surface area contributed by atoms with Crippen LogP contribution in [-0.4, -0.2) is 42.3 Å². The molecule has 6 aromatic rings. The van der Waals surface area contributed by atoms with Gasteiger partial charge in [0.1, 0.15) is 11.9 Å². The highest BCUT2D eigenvalue weighted by Gasteiger charge is 2.30. The average molecular weight is 650 g/mol. The zero-order valence-corrected chi connectivity index (χ0v) is 26.5. The lowest BCUT2D eigenvalue weighted by molar-refractivity contribution is 0.0639. The van der Waals surface area contributed by atoms with Crippen molar-refractivity contribution in [1.82, 2.24) is 29.1 Å². The molecule has 48 heavy (non-hydrogen) atoms. The number of pyridine rings is 1. The van der Waals surface area contributed by atoms with Crippen molar-refractivity contribution in [2.75, 3.05) is 13.2 Å². The summed E-state index contributed by atoms with van der Waals surface area (Å²) >= 11 is 0. The van der Waals surface area contributed by atoms with Gasteiger partial charge in [-0.05, 0) is 80.3 Å². The van der Waals surface area contributed by atoms with Gasteiger partial charge < -0.3 is 13.6 Å². The number of rotatable bonds is 7. The van der Waals surface area contributed by atoms with Crippen LogP contribution in [0.25, 0.3) is 44.7 Å². The highest BCUT2D eigenvalue weighted by Crippen LogP contribution is 2.41. The second-order valence-corrected chi connectivity index (χ2v) is 12.6. The number of nitrogens with zero attached hydrogens (tertiary/aromatic N) is 7. The number of hydrogen-bond acceptors (Lipinski definition) is 9. The molecule has 13 heteroatoms. The molecule has 8 rings (SSSR count). The van der Waals surface area contributed by atoms with Gasteiger partial charge in [0.25, 0.3) is 5.56 Å². The summed E-state index contributed by atoms with van der Waals surface area (Å²) in [5, 5.41) is 18.1. The number of halogens is 1. The van der Waals surface area contributed by atoms with E-state index >= 15 is 0 Å². The van der Waals surface area contributed by atoms with E-state index in [-0.39, 0.29) is 17.0 Å². The number of aromatic nitrogens is 6. The molecule has 2 aliphatic heterocycles.